The molecule has 0 saturated heterocycles. The summed E-state index contributed by atoms with van der Waals surface area (Å²) >= 11 is 0. The van der Waals surface area contributed by atoms with Crippen LogP contribution in [-0.2, 0) is 9.53 Å². The number of hydrogen-bond donors (Lipinski definition) is 1. The second-order valence-electron chi connectivity index (χ2n) is 3.56. The Kier molecular flexibility index (Phi) is 3.78. The molecule has 0 aromatic heterocycles. The monoisotopic (exact) mass is 169 g/mol. The first-order chi connectivity index (χ1) is 5.35. The Bertz CT molecular complexity index is 198. The number of ether oxygens (including phenoxy) is 1. The van der Waals surface area contributed by atoms with Crippen molar-refractivity contribution in [2.75, 3.05) is 0 Å². The van der Waals surface area contributed by atoms with Crippen molar-refractivity contribution < 1.29 is 9.53 Å². The average Bonchev–Trinajstić information content (AvgIpc) is 1.82. The van der Waals surface area contributed by atoms with Crippen LogP contribution in [0.5, 0.6) is 0 Å². The van der Waals surface area contributed by atoms with Gasteiger partial charge in [0.25, 0.3) is 0 Å². The van der Waals surface area contributed by atoms with Gasteiger partial charge in [-0.05, 0) is 20.8 Å². The molecule has 1 atom stereocenters. The fourth-order valence-corrected chi connectivity index (χ4v) is 0.622. The standard InChI is InChI=1S/C9H15NO2/c1-5-7(10)6-8(11)12-9(2,3)4/h1,7H,6,10H2,2-4H3/t7-/m1/s1. The van der Waals surface area contributed by atoms with Gasteiger partial charge in [0.05, 0.1) is 12.5 Å². The van der Waals surface area contributed by atoms with Gasteiger partial charge in [-0.3, -0.25) is 4.79 Å². The van der Waals surface area contributed by atoms with Gasteiger partial charge in [0.1, 0.15) is 5.60 Å². The molecule has 0 aliphatic rings. The minimum absolute atomic E-state index is 0.0772. The number of terminal acetylenes is 1. The largest absolute Gasteiger partial charge is 0.460 e. The number of esters is 1. The quantitative estimate of drug-likeness (QED) is 0.488. The van der Waals surface area contributed by atoms with Crippen LogP contribution in [0.2, 0.25) is 0 Å². The van der Waals surface area contributed by atoms with Gasteiger partial charge in [-0.15, -0.1) is 6.42 Å². The summed E-state index contributed by atoms with van der Waals surface area (Å²) < 4.78 is 5.00. The summed E-state index contributed by atoms with van der Waals surface area (Å²) in [5, 5.41) is 0. The molecule has 3 nitrogen and oxygen atoms in total. The van der Waals surface area contributed by atoms with E-state index in [4.69, 9.17) is 16.9 Å². The van der Waals surface area contributed by atoms with Crippen LogP contribution in [0, 0.1) is 12.3 Å². The number of carbonyl (C=O) groups is 1. The molecule has 0 radical (unpaired) electrons. The Labute approximate surface area is 73.3 Å². The Morgan fingerprint density at radius 2 is 2.17 bits per heavy atom. The Hall–Kier alpha value is -1.01. The Balaban J connectivity index is 3.85. The lowest BCUT2D eigenvalue weighted by atomic mass is 10.2. The molecular formula is C9H15NO2. The maximum atomic E-state index is 11.0. The molecule has 0 heterocycles. The van der Waals surface area contributed by atoms with Gasteiger partial charge in [-0.1, -0.05) is 5.92 Å². The predicted molar refractivity (Wildman–Crippen MR) is 47.3 cm³/mol. The first kappa shape index (κ1) is 11.0. The highest BCUT2D eigenvalue weighted by atomic mass is 16.6. The van der Waals surface area contributed by atoms with E-state index < -0.39 is 11.6 Å². The zero-order valence-corrected chi connectivity index (χ0v) is 7.76. The molecule has 0 saturated carbocycles. The van der Waals surface area contributed by atoms with E-state index in [0.717, 1.165) is 0 Å². The third kappa shape index (κ3) is 5.75. The predicted octanol–water partition coefficient (Wildman–Crippen LogP) is 0.679. The molecule has 0 aromatic carbocycles. The second kappa shape index (κ2) is 4.13. The van der Waals surface area contributed by atoms with Crippen LogP contribution < -0.4 is 5.73 Å². The summed E-state index contributed by atoms with van der Waals surface area (Å²) in [6.07, 6.45) is 5.08. The van der Waals surface area contributed by atoms with E-state index in [1.165, 1.54) is 0 Å². The van der Waals surface area contributed by atoms with Crippen molar-refractivity contribution in [3.63, 3.8) is 0 Å². The topological polar surface area (TPSA) is 52.3 Å². The third-order valence-corrected chi connectivity index (χ3v) is 1.02. The van der Waals surface area contributed by atoms with Gasteiger partial charge >= 0.3 is 5.97 Å². The van der Waals surface area contributed by atoms with Crippen LogP contribution in [0.15, 0.2) is 0 Å². The maximum absolute atomic E-state index is 11.0. The fraction of sp³-hybridized carbons (Fsp3) is 0.667. The average molecular weight is 169 g/mol. The lowest BCUT2D eigenvalue weighted by Crippen LogP contribution is -2.29. The highest BCUT2D eigenvalue weighted by Gasteiger charge is 2.17. The third-order valence-electron chi connectivity index (χ3n) is 1.02. The molecule has 0 fully saturated rings. The summed E-state index contributed by atoms with van der Waals surface area (Å²) in [5.74, 6) is 1.90. The van der Waals surface area contributed by atoms with Crippen molar-refractivity contribution in [2.45, 2.75) is 38.8 Å². The molecular weight excluding hydrogens is 154 g/mol. The maximum Gasteiger partial charge on any atom is 0.308 e. The van der Waals surface area contributed by atoms with Crippen LogP contribution in [0.1, 0.15) is 27.2 Å². The smallest absolute Gasteiger partial charge is 0.308 e. The van der Waals surface area contributed by atoms with Crippen molar-refractivity contribution in [2.24, 2.45) is 5.73 Å². The van der Waals surface area contributed by atoms with Crippen LogP contribution in [0.25, 0.3) is 0 Å². The normalized spacial score (nSPS) is 13.2. The van der Waals surface area contributed by atoms with E-state index in [9.17, 15) is 4.79 Å². The van der Waals surface area contributed by atoms with Gasteiger partial charge in [0, 0.05) is 0 Å². The van der Waals surface area contributed by atoms with Crippen molar-refractivity contribution in [1.29, 1.82) is 0 Å². The second-order valence-corrected chi connectivity index (χ2v) is 3.56. The molecule has 3 heteroatoms. The van der Waals surface area contributed by atoms with Gasteiger partial charge in [-0.25, -0.2) is 0 Å². The van der Waals surface area contributed by atoms with Gasteiger partial charge in [0.15, 0.2) is 0 Å². The minimum Gasteiger partial charge on any atom is -0.460 e. The number of nitrogens with two attached hydrogens (primary N) is 1. The zero-order valence-electron chi connectivity index (χ0n) is 7.76. The van der Waals surface area contributed by atoms with E-state index >= 15 is 0 Å². The fourth-order valence-electron chi connectivity index (χ4n) is 0.622. The molecule has 0 amide bonds. The Morgan fingerprint density at radius 3 is 2.50 bits per heavy atom. The molecule has 12 heavy (non-hydrogen) atoms. The highest BCUT2D eigenvalue weighted by Crippen LogP contribution is 2.08. The minimum atomic E-state index is -0.542. The molecule has 68 valence electrons. The van der Waals surface area contributed by atoms with Crippen molar-refractivity contribution >= 4 is 5.97 Å². The molecule has 0 aromatic rings. The van der Waals surface area contributed by atoms with Crippen LogP contribution >= 0.6 is 0 Å². The van der Waals surface area contributed by atoms with E-state index in [1.807, 2.05) is 0 Å². The summed E-state index contributed by atoms with van der Waals surface area (Å²) in [6.45, 7) is 5.39. The number of hydrogen-bond acceptors (Lipinski definition) is 3. The number of rotatable bonds is 2. The highest BCUT2D eigenvalue weighted by molar-refractivity contribution is 5.71. The van der Waals surface area contributed by atoms with Crippen molar-refractivity contribution in [3.8, 4) is 12.3 Å². The molecule has 0 unspecified atom stereocenters. The SMILES string of the molecule is C#C[C@@H](N)CC(=O)OC(C)(C)C. The molecule has 0 rings (SSSR count). The summed E-state index contributed by atoms with van der Waals surface area (Å²) in [5.41, 5.74) is 4.89. The summed E-state index contributed by atoms with van der Waals surface area (Å²) in [7, 11) is 0. The summed E-state index contributed by atoms with van der Waals surface area (Å²) in [4.78, 5) is 11.0. The van der Waals surface area contributed by atoms with Crippen LogP contribution in [0.4, 0.5) is 0 Å². The van der Waals surface area contributed by atoms with Crippen LogP contribution in [0.3, 0.4) is 0 Å². The van der Waals surface area contributed by atoms with E-state index in [-0.39, 0.29) is 12.4 Å². The zero-order chi connectivity index (χ0) is 9.78. The lowest BCUT2D eigenvalue weighted by Gasteiger charge is -2.19. The molecule has 0 aliphatic carbocycles. The molecule has 0 bridgehead atoms. The lowest BCUT2D eigenvalue weighted by molar-refractivity contribution is -0.154. The number of carbonyl (C=O) groups excluding carboxylic acids is 1. The molecule has 0 aliphatic heterocycles. The Morgan fingerprint density at radius 1 is 1.67 bits per heavy atom. The van der Waals surface area contributed by atoms with E-state index in [1.54, 1.807) is 20.8 Å². The first-order valence-electron chi connectivity index (χ1n) is 3.78. The van der Waals surface area contributed by atoms with Crippen LogP contribution in [-0.4, -0.2) is 17.6 Å². The van der Waals surface area contributed by atoms with Crippen molar-refractivity contribution in [3.05, 3.63) is 0 Å². The van der Waals surface area contributed by atoms with E-state index in [0.29, 0.717) is 0 Å². The molecule has 0 spiro atoms. The molecule has 2 N–H and O–H groups in total. The van der Waals surface area contributed by atoms with Gasteiger partial charge in [0.2, 0.25) is 0 Å². The van der Waals surface area contributed by atoms with E-state index in [2.05, 4.69) is 5.92 Å². The first-order valence-corrected chi connectivity index (χ1v) is 3.78. The summed E-state index contributed by atoms with van der Waals surface area (Å²) in [6, 6.07) is -0.542. The van der Waals surface area contributed by atoms with Crippen molar-refractivity contribution in [1.82, 2.24) is 0 Å². The van der Waals surface area contributed by atoms with Gasteiger partial charge < -0.3 is 10.5 Å². The van der Waals surface area contributed by atoms with Gasteiger partial charge in [-0.2, -0.15) is 0 Å².